The number of amides is 1. The van der Waals surface area contributed by atoms with Gasteiger partial charge < -0.3 is 9.84 Å². The fourth-order valence-electron chi connectivity index (χ4n) is 5.67. The van der Waals surface area contributed by atoms with Gasteiger partial charge in [0.05, 0.1) is 28.9 Å². The lowest BCUT2D eigenvalue weighted by Crippen LogP contribution is -2.47. The molecule has 3 atom stereocenters. The van der Waals surface area contributed by atoms with E-state index in [1.807, 2.05) is 38.1 Å². The van der Waals surface area contributed by atoms with Crippen molar-refractivity contribution in [1.29, 1.82) is 0 Å². The highest BCUT2D eigenvalue weighted by atomic mass is 32.2. The highest BCUT2D eigenvalue weighted by molar-refractivity contribution is 7.80. The topological polar surface area (TPSA) is 109 Å². The number of aryl methyl sites for hydroxylation is 2. The molecule has 9 heteroatoms. The van der Waals surface area contributed by atoms with Crippen LogP contribution in [0.25, 0.3) is 22.0 Å². The molecule has 1 amide bonds. The Hall–Kier alpha value is -2.78. The van der Waals surface area contributed by atoms with Crippen LogP contribution in [0, 0.1) is 19.8 Å². The summed E-state index contributed by atoms with van der Waals surface area (Å²) in [6.45, 7) is 3.72. The van der Waals surface area contributed by atoms with Crippen LogP contribution >= 0.6 is 0 Å². The smallest absolute Gasteiger partial charge is 0.262 e. The van der Waals surface area contributed by atoms with Crippen LogP contribution in [-0.2, 0) is 16.1 Å². The third kappa shape index (κ3) is 4.22. The predicted octanol–water partition coefficient (Wildman–Crippen LogP) is 4.68. The average molecular weight is 483 g/mol. The molecule has 3 aromatic rings. The van der Waals surface area contributed by atoms with Crippen LogP contribution in [0.5, 0.6) is 0 Å². The van der Waals surface area contributed by atoms with Crippen molar-refractivity contribution in [2.24, 2.45) is 5.92 Å². The third-order valence-corrected chi connectivity index (χ3v) is 8.05. The fourth-order valence-corrected chi connectivity index (χ4v) is 6.47. The van der Waals surface area contributed by atoms with Gasteiger partial charge in [-0.3, -0.25) is 18.6 Å². The summed E-state index contributed by atoms with van der Waals surface area (Å²) in [7, 11) is 0. The van der Waals surface area contributed by atoms with Crippen LogP contribution in [0.2, 0.25) is 0 Å². The molecule has 2 saturated carbocycles. The maximum absolute atomic E-state index is 13.2. The van der Waals surface area contributed by atoms with Crippen LogP contribution in [0.1, 0.15) is 56.4 Å². The lowest BCUT2D eigenvalue weighted by Gasteiger charge is -2.32. The van der Waals surface area contributed by atoms with E-state index >= 15 is 0 Å². The van der Waals surface area contributed by atoms with Gasteiger partial charge in [0.1, 0.15) is 5.76 Å². The fraction of sp³-hybridized carbons (Fsp3) is 0.480. The number of carbonyl (C=O) groups is 1. The molecule has 180 valence electrons. The number of pyridine rings is 1. The lowest BCUT2D eigenvalue weighted by atomic mass is 9.98. The Morgan fingerprint density at radius 1 is 1.18 bits per heavy atom. The van der Waals surface area contributed by atoms with E-state index in [9.17, 15) is 13.6 Å². The largest absolute Gasteiger partial charge is 0.361 e. The minimum Gasteiger partial charge on any atom is -0.361 e. The van der Waals surface area contributed by atoms with Crippen molar-refractivity contribution in [2.45, 2.75) is 70.9 Å². The molecule has 0 spiro atoms. The molecule has 0 aliphatic heterocycles. The zero-order valence-electron chi connectivity index (χ0n) is 19.5. The molecule has 0 radical (unpaired) electrons. The number of benzene rings is 1. The van der Waals surface area contributed by atoms with Crippen molar-refractivity contribution in [3.8, 4) is 11.1 Å². The maximum atomic E-state index is 13.2. The molecule has 2 aromatic heterocycles. The van der Waals surface area contributed by atoms with Crippen molar-refractivity contribution < 1.29 is 18.1 Å². The number of rotatable bonds is 6. The van der Waals surface area contributed by atoms with Gasteiger partial charge >= 0.3 is 0 Å². The van der Waals surface area contributed by atoms with Crippen LogP contribution in [-0.4, -0.2) is 36.9 Å². The van der Waals surface area contributed by atoms with Gasteiger partial charge in [0.15, 0.2) is 0 Å². The number of nitrogens with zero attached hydrogens (tertiary/aromatic N) is 3. The van der Waals surface area contributed by atoms with Gasteiger partial charge in [-0.1, -0.05) is 24.4 Å². The van der Waals surface area contributed by atoms with Gasteiger partial charge in [-0.25, -0.2) is 4.21 Å². The van der Waals surface area contributed by atoms with Gasteiger partial charge in [0, 0.05) is 23.2 Å². The lowest BCUT2D eigenvalue weighted by molar-refractivity contribution is -0.125. The summed E-state index contributed by atoms with van der Waals surface area (Å²) in [6, 6.07) is 7.40. The van der Waals surface area contributed by atoms with Crippen LogP contribution in [0.15, 0.2) is 35.0 Å². The van der Waals surface area contributed by atoms with Crippen LogP contribution in [0.3, 0.4) is 0 Å². The van der Waals surface area contributed by atoms with E-state index in [1.54, 1.807) is 6.20 Å². The summed E-state index contributed by atoms with van der Waals surface area (Å²) in [4.78, 5) is 17.8. The summed E-state index contributed by atoms with van der Waals surface area (Å²) < 4.78 is 30.2. The van der Waals surface area contributed by atoms with Crippen molar-refractivity contribution in [2.75, 3.05) is 4.31 Å². The number of carbonyl (C=O) groups excluding carboxylic acids is 1. The minimum atomic E-state index is -2.32. The Balaban J connectivity index is 1.58. The minimum absolute atomic E-state index is 0.00541. The first-order valence-corrected chi connectivity index (χ1v) is 13.0. The Labute approximate surface area is 201 Å². The number of nitrogens with one attached hydrogen (secondary N) is 1. The second kappa shape index (κ2) is 9.46. The molecule has 0 saturated heterocycles. The van der Waals surface area contributed by atoms with Crippen molar-refractivity contribution in [3.05, 3.63) is 41.9 Å². The van der Waals surface area contributed by atoms with E-state index in [0.717, 1.165) is 54.3 Å². The molecule has 34 heavy (non-hydrogen) atoms. The Kier molecular flexibility index (Phi) is 6.40. The van der Waals surface area contributed by atoms with Gasteiger partial charge in [0.2, 0.25) is 5.91 Å². The zero-order chi connectivity index (χ0) is 23.8. The average Bonchev–Trinajstić information content (AvgIpc) is 3.56. The summed E-state index contributed by atoms with van der Waals surface area (Å²) in [5.74, 6) is 0.324. The SMILES string of the molecule is Cc1noc(C)c1-c1cc(N([C@@H]2CCC[C@@H]2C(=O)NC2CCCC2)S(=O)O)c2cccnc2c1. The summed E-state index contributed by atoms with van der Waals surface area (Å²) >= 11 is -2.32. The van der Waals surface area contributed by atoms with Crippen molar-refractivity contribution in [3.63, 3.8) is 0 Å². The first-order valence-electron chi connectivity index (χ1n) is 12.0. The second-order valence-corrected chi connectivity index (χ2v) is 10.3. The summed E-state index contributed by atoms with van der Waals surface area (Å²) in [6.07, 6.45) is 8.21. The molecular weight excluding hydrogens is 452 g/mol. The molecule has 0 bridgehead atoms. The normalized spacial score (nSPS) is 21.7. The van der Waals surface area contributed by atoms with Crippen LogP contribution in [0.4, 0.5) is 5.69 Å². The van der Waals surface area contributed by atoms with Gasteiger partial charge in [-0.15, -0.1) is 0 Å². The molecule has 2 heterocycles. The van der Waals surface area contributed by atoms with E-state index in [2.05, 4.69) is 15.5 Å². The number of aromatic nitrogens is 2. The second-order valence-electron chi connectivity index (χ2n) is 9.42. The summed E-state index contributed by atoms with van der Waals surface area (Å²) in [5, 5.41) is 8.04. The third-order valence-electron chi connectivity index (χ3n) is 7.25. The Morgan fingerprint density at radius 3 is 2.68 bits per heavy atom. The monoisotopic (exact) mass is 482 g/mol. The first kappa shape index (κ1) is 23.0. The standard InChI is InChI=1S/C25H30N4O4S/c1-15-24(16(2)33-28-15)17-13-21-19(10-6-12-26-21)23(14-17)29(34(31)32)22-11-5-9-20(22)25(30)27-18-7-3-4-8-18/h6,10,12-14,18,20,22H,3-5,7-9,11H2,1-2H3,(H,27,30)(H,31,32)/t20-,22+/m0/s1. The van der Waals surface area contributed by atoms with Gasteiger partial charge in [0.25, 0.3) is 11.3 Å². The highest BCUT2D eigenvalue weighted by Gasteiger charge is 2.40. The molecule has 2 aliphatic rings. The molecule has 1 aromatic carbocycles. The van der Waals surface area contributed by atoms with Crippen LogP contribution < -0.4 is 9.62 Å². The zero-order valence-corrected chi connectivity index (χ0v) is 20.3. The molecule has 5 rings (SSSR count). The highest BCUT2D eigenvalue weighted by Crippen LogP contribution is 2.40. The molecule has 8 nitrogen and oxygen atoms in total. The molecule has 1 unspecified atom stereocenters. The Morgan fingerprint density at radius 2 is 1.97 bits per heavy atom. The van der Waals surface area contributed by atoms with E-state index in [4.69, 9.17) is 4.52 Å². The van der Waals surface area contributed by atoms with E-state index in [1.165, 1.54) is 4.31 Å². The molecule has 2 aliphatic carbocycles. The number of hydrogen-bond acceptors (Lipinski definition) is 5. The van der Waals surface area contributed by atoms with E-state index in [-0.39, 0.29) is 23.9 Å². The quantitative estimate of drug-likeness (QED) is 0.494. The molecule has 2 fully saturated rings. The number of anilines is 1. The molecular formula is C25H30N4O4S. The first-order chi connectivity index (χ1) is 16.4. The summed E-state index contributed by atoms with van der Waals surface area (Å²) in [5.41, 5.74) is 3.70. The predicted molar refractivity (Wildman–Crippen MR) is 131 cm³/mol. The van der Waals surface area contributed by atoms with E-state index < -0.39 is 11.3 Å². The van der Waals surface area contributed by atoms with Crippen molar-refractivity contribution in [1.82, 2.24) is 15.5 Å². The Bertz CT molecular complexity index is 1220. The maximum Gasteiger partial charge on any atom is 0.262 e. The molecule has 2 N–H and O–H groups in total. The van der Waals surface area contributed by atoms with Gasteiger partial charge in [-0.2, -0.15) is 0 Å². The van der Waals surface area contributed by atoms with E-state index in [0.29, 0.717) is 29.8 Å². The van der Waals surface area contributed by atoms with Gasteiger partial charge in [-0.05, 0) is 69.4 Å². The number of hydrogen-bond donors (Lipinski definition) is 2. The number of fused-ring (bicyclic) bond motifs is 1. The van der Waals surface area contributed by atoms with Crippen molar-refractivity contribution >= 4 is 33.8 Å².